The van der Waals surface area contributed by atoms with Crippen LogP contribution in [0.2, 0.25) is 0 Å². The van der Waals surface area contributed by atoms with Crippen molar-refractivity contribution < 1.29 is 57.9 Å². The van der Waals surface area contributed by atoms with Crippen molar-refractivity contribution in [2.24, 2.45) is 0 Å². The molecule has 0 aliphatic heterocycles. The third kappa shape index (κ3) is 11.9. The molecule has 7 aromatic carbocycles. The Balaban J connectivity index is 1.21. The molecule has 0 unspecified atom stereocenters. The van der Waals surface area contributed by atoms with Crippen molar-refractivity contribution in [2.75, 3.05) is 10.6 Å². The number of carbonyl (C=O) groups excluding carboxylic acids is 3. The van der Waals surface area contributed by atoms with Crippen molar-refractivity contribution in [1.29, 1.82) is 0 Å². The number of amides is 2. The summed E-state index contributed by atoms with van der Waals surface area (Å²) < 4.78 is 29.3. The minimum atomic E-state index is -1.37. The molecule has 14 heteroatoms. The highest BCUT2D eigenvalue weighted by Gasteiger charge is 2.24. The average molecular weight is 873 g/mol. The maximum absolute atomic E-state index is 14.2. The van der Waals surface area contributed by atoms with Gasteiger partial charge in [0.2, 0.25) is 0 Å². The fraction of sp³-hybridized carbons (Fsp3) is 0.0784. The smallest absolute Gasteiger partial charge is 0.339 e. The monoisotopic (exact) mass is 872 g/mol. The molecule has 2 amide bonds. The van der Waals surface area contributed by atoms with Gasteiger partial charge in [0.25, 0.3) is 18.3 Å². The summed E-state index contributed by atoms with van der Waals surface area (Å²) in [5, 5.41) is 25.7. The van der Waals surface area contributed by atoms with Gasteiger partial charge >= 0.3 is 11.9 Å². The van der Waals surface area contributed by atoms with E-state index in [9.17, 15) is 34.2 Å². The third-order valence-corrected chi connectivity index (χ3v) is 9.67. The molecule has 0 fully saturated rings. The van der Waals surface area contributed by atoms with Crippen LogP contribution in [0.5, 0.6) is 28.7 Å². The Morgan fingerprint density at radius 3 is 1.15 bits per heavy atom. The summed E-state index contributed by atoms with van der Waals surface area (Å²) in [7, 11) is 0. The summed E-state index contributed by atoms with van der Waals surface area (Å²) >= 11 is 0. The Morgan fingerprint density at radius 1 is 0.415 bits per heavy atom. The number of nitrogens with one attached hydrogen (secondary N) is 2. The molecule has 0 spiro atoms. The summed E-state index contributed by atoms with van der Waals surface area (Å²) in [4.78, 5) is 64.9. The van der Waals surface area contributed by atoms with Gasteiger partial charge in [0.05, 0.1) is 16.7 Å². The number of hydrogen-bond donors (Lipinski definition) is 4. The molecular formula is C51H40N2O12. The zero-order chi connectivity index (χ0) is 45.5. The fourth-order valence-electron chi connectivity index (χ4n) is 6.47. The van der Waals surface area contributed by atoms with Crippen molar-refractivity contribution in [2.45, 2.75) is 26.4 Å². The second kappa shape index (κ2) is 21.3. The highest BCUT2D eigenvalue weighted by Crippen LogP contribution is 2.37. The van der Waals surface area contributed by atoms with Crippen LogP contribution in [0, 0.1) is 0 Å². The van der Waals surface area contributed by atoms with Crippen LogP contribution in [0.15, 0.2) is 164 Å². The molecule has 4 N–H and O–H groups in total. The summed E-state index contributed by atoms with van der Waals surface area (Å²) in [5.74, 6) is -4.45. The van der Waals surface area contributed by atoms with Gasteiger partial charge in [-0.15, -0.1) is 0 Å². The Labute approximate surface area is 372 Å². The molecule has 0 heterocycles. The lowest BCUT2D eigenvalue weighted by atomic mass is 10.1. The summed E-state index contributed by atoms with van der Waals surface area (Å²) in [6.07, 6.45) is 0. The number of anilines is 2. The van der Waals surface area contributed by atoms with Gasteiger partial charge in [-0.1, -0.05) is 121 Å². The Kier molecular flexibility index (Phi) is 14.4. The van der Waals surface area contributed by atoms with Gasteiger partial charge in [-0.25, -0.2) is 9.59 Å². The van der Waals surface area contributed by atoms with E-state index in [-0.39, 0.29) is 95.3 Å². The third-order valence-electron chi connectivity index (χ3n) is 9.67. The molecule has 0 aliphatic rings. The van der Waals surface area contributed by atoms with Gasteiger partial charge in [0, 0.05) is 23.5 Å². The summed E-state index contributed by atoms with van der Waals surface area (Å²) in [6, 6.07) is 45.2. The molecule has 0 aliphatic carbocycles. The zero-order valence-electron chi connectivity index (χ0n) is 34.5. The van der Waals surface area contributed by atoms with Crippen LogP contribution in [0.4, 0.5) is 11.4 Å². The normalized spacial score (nSPS) is 10.5. The highest BCUT2D eigenvalue weighted by atomic mass is 16.5. The first-order valence-corrected chi connectivity index (χ1v) is 20.0. The van der Waals surface area contributed by atoms with Gasteiger partial charge in [-0.05, 0) is 52.6 Å². The van der Waals surface area contributed by atoms with Crippen molar-refractivity contribution >= 4 is 41.6 Å². The van der Waals surface area contributed by atoms with E-state index in [0.29, 0.717) is 0 Å². The fourth-order valence-corrected chi connectivity index (χ4v) is 6.47. The molecule has 0 atom stereocenters. The van der Waals surface area contributed by atoms with E-state index in [1.54, 1.807) is 48.5 Å². The van der Waals surface area contributed by atoms with Crippen LogP contribution in [0.3, 0.4) is 0 Å². The molecule has 0 saturated carbocycles. The summed E-state index contributed by atoms with van der Waals surface area (Å²) in [6.45, 7) is 0.274. The molecule has 0 bridgehead atoms. The Hall–Kier alpha value is -8.91. The number of carboxylic acids is 2. The molecule has 7 rings (SSSR count). The number of aromatic carboxylic acids is 2. The average Bonchev–Trinajstić information content (AvgIpc) is 3.32. The van der Waals surface area contributed by atoms with E-state index in [4.69, 9.17) is 23.7 Å². The number of hydrogen-bond acceptors (Lipinski definition) is 10. The molecular weight excluding hydrogens is 833 g/mol. The molecule has 0 saturated heterocycles. The number of carboxylic acid groups (broad SMARTS) is 2. The second-order valence-corrected chi connectivity index (χ2v) is 14.3. The van der Waals surface area contributed by atoms with E-state index in [0.717, 1.165) is 22.3 Å². The van der Waals surface area contributed by atoms with Crippen molar-refractivity contribution in [3.8, 4) is 28.7 Å². The molecule has 65 heavy (non-hydrogen) atoms. The van der Waals surface area contributed by atoms with Crippen LogP contribution in [0.1, 0.15) is 63.7 Å². The topological polar surface area (TPSA) is 196 Å². The van der Waals surface area contributed by atoms with Crippen LogP contribution >= 0.6 is 0 Å². The first-order chi connectivity index (χ1) is 31.6. The Morgan fingerprint density at radius 2 is 0.769 bits per heavy atom. The van der Waals surface area contributed by atoms with E-state index < -0.39 is 23.8 Å². The minimum absolute atomic E-state index is 0.0105. The molecule has 0 aromatic heterocycles. The van der Waals surface area contributed by atoms with Crippen molar-refractivity contribution in [3.63, 3.8) is 0 Å². The molecule has 0 radical (unpaired) electrons. The second-order valence-electron chi connectivity index (χ2n) is 14.3. The number of ether oxygens (including phenoxy) is 5. The number of benzene rings is 7. The summed E-state index contributed by atoms with van der Waals surface area (Å²) in [5.41, 5.74) is 2.23. The van der Waals surface area contributed by atoms with Gasteiger partial charge in [0.15, 0.2) is 11.5 Å². The van der Waals surface area contributed by atoms with Crippen LogP contribution in [-0.4, -0.2) is 40.4 Å². The quantitative estimate of drug-likeness (QED) is 0.0531. The molecule has 326 valence electrons. The lowest BCUT2D eigenvalue weighted by Crippen LogP contribution is -2.17. The Bertz CT molecular complexity index is 2800. The van der Waals surface area contributed by atoms with E-state index in [1.807, 2.05) is 72.8 Å². The molecule has 7 aromatic rings. The maximum atomic E-state index is 14.2. The number of rotatable bonds is 20. The largest absolute Gasteiger partial charge is 0.488 e. The standard InChI is InChI=1S/C51H40N2O12/c54-32-65-47-27-45(63-30-35-17-9-3-10-18-35)41(25-46(47)64-31-36-19-11-4-12-20-36)49(56)53-39-22-37(50(57)58)21-38(23-39)52-48(55)40-24-44(62-29-34-15-7-2-8-16-34)42(51(59)60)26-43(40)61-28-33-13-5-1-6-14-33/h1-27,32H,28-31H2,(H,52,55)(H,53,56)(H,57,58)(H,59,60). The van der Waals surface area contributed by atoms with E-state index in [2.05, 4.69) is 10.6 Å². The van der Waals surface area contributed by atoms with Crippen molar-refractivity contribution in [3.05, 3.63) is 208 Å². The first kappa shape index (κ1) is 44.2. The zero-order valence-corrected chi connectivity index (χ0v) is 34.5. The van der Waals surface area contributed by atoms with Gasteiger partial charge in [-0.3, -0.25) is 14.4 Å². The van der Waals surface area contributed by atoms with Gasteiger partial charge in [-0.2, -0.15) is 0 Å². The van der Waals surface area contributed by atoms with Crippen molar-refractivity contribution in [1.82, 2.24) is 0 Å². The van der Waals surface area contributed by atoms with E-state index >= 15 is 0 Å². The SMILES string of the molecule is O=COc1cc(OCc2ccccc2)c(C(=O)Nc2cc(NC(=O)c3cc(OCc4ccccc4)c(C(=O)O)cc3OCc3ccccc3)cc(C(=O)O)c2)cc1OCc1ccccc1. The predicted molar refractivity (Wildman–Crippen MR) is 239 cm³/mol. The van der Waals surface area contributed by atoms with Gasteiger partial charge < -0.3 is 44.5 Å². The molecule has 14 nitrogen and oxygen atoms in total. The predicted octanol–water partition coefficient (Wildman–Crippen LogP) is 9.44. The number of carbonyl (C=O) groups is 5. The lowest BCUT2D eigenvalue weighted by molar-refractivity contribution is -0.120. The lowest BCUT2D eigenvalue weighted by Gasteiger charge is -2.18. The van der Waals surface area contributed by atoms with E-state index in [1.165, 1.54) is 42.5 Å². The van der Waals surface area contributed by atoms with Gasteiger partial charge in [0.1, 0.15) is 49.2 Å². The van der Waals surface area contributed by atoms with Crippen LogP contribution in [0.25, 0.3) is 0 Å². The van der Waals surface area contributed by atoms with Crippen LogP contribution in [-0.2, 0) is 31.2 Å². The minimum Gasteiger partial charge on any atom is -0.488 e. The highest BCUT2D eigenvalue weighted by molar-refractivity contribution is 6.10. The maximum Gasteiger partial charge on any atom is 0.339 e. The van der Waals surface area contributed by atoms with Crippen LogP contribution < -0.4 is 34.3 Å². The first-order valence-electron chi connectivity index (χ1n) is 20.0.